The van der Waals surface area contributed by atoms with E-state index in [1.807, 2.05) is 0 Å². The van der Waals surface area contributed by atoms with Gasteiger partial charge in [0, 0.05) is 19.3 Å². The first kappa shape index (κ1) is 72.1. The van der Waals surface area contributed by atoms with Crippen LogP contribution in [0.5, 0.6) is 0 Å². The molecule has 0 aliphatic heterocycles. The molecular weight excluding hydrogens is 937 g/mol. The van der Waals surface area contributed by atoms with Crippen molar-refractivity contribution >= 4 is 17.9 Å². The van der Waals surface area contributed by atoms with E-state index in [0.29, 0.717) is 19.3 Å². The van der Waals surface area contributed by atoms with Crippen molar-refractivity contribution in [2.24, 2.45) is 0 Å². The van der Waals surface area contributed by atoms with Crippen molar-refractivity contribution in [3.05, 3.63) is 109 Å². The maximum absolute atomic E-state index is 12.9. The van der Waals surface area contributed by atoms with E-state index in [0.717, 1.165) is 116 Å². The summed E-state index contributed by atoms with van der Waals surface area (Å²) in [5, 5.41) is 0. The molecule has 0 radical (unpaired) electrons. The molecule has 1 atom stereocenters. The van der Waals surface area contributed by atoms with Crippen LogP contribution in [0.15, 0.2) is 109 Å². The molecule has 0 N–H and O–H groups in total. The summed E-state index contributed by atoms with van der Waals surface area (Å²) in [7, 11) is 0. The summed E-state index contributed by atoms with van der Waals surface area (Å²) in [4.78, 5) is 38.2. The predicted octanol–water partition coefficient (Wildman–Crippen LogP) is 21.8. The van der Waals surface area contributed by atoms with Gasteiger partial charge in [0.25, 0.3) is 0 Å². The molecule has 0 aliphatic carbocycles. The summed E-state index contributed by atoms with van der Waals surface area (Å²) < 4.78 is 16.9. The highest BCUT2D eigenvalue weighted by molar-refractivity contribution is 5.71. The van der Waals surface area contributed by atoms with E-state index in [-0.39, 0.29) is 31.1 Å². The summed E-state index contributed by atoms with van der Waals surface area (Å²) in [6, 6.07) is 0. The zero-order valence-electron chi connectivity index (χ0n) is 49.7. The Morgan fingerprint density at radius 3 is 0.842 bits per heavy atom. The monoisotopic (exact) mass is 1050 g/mol. The molecule has 0 aromatic heterocycles. The Morgan fingerprint density at radius 1 is 0.276 bits per heavy atom. The quantitative estimate of drug-likeness (QED) is 0.0261. The number of hydrogen-bond acceptors (Lipinski definition) is 6. The second-order valence-electron chi connectivity index (χ2n) is 20.9. The fourth-order valence-electron chi connectivity index (χ4n) is 8.71. The first-order valence-electron chi connectivity index (χ1n) is 31.9. The molecule has 0 heterocycles. The first-order valence-corrected chi connectivity index (χ1v) is 31.9. The van der Waals surface area contributed by atoms with Crippen LogP contribution in [0.4, 0.5) is 0 Å². The highest BCUT2D eigenvalue weighted by Gasteiger charge is 2.19. The second-order valence-corrected chi connectivity index (χ2v) is 20.9. The van der Waals surface area contributed by atoms with Crippen LogP contribution in [-0.2, 0) is 28.6 Å². The molecule has 76 heavy (non-hydrogen) atoms. The van der Waals surface area contributed by atoms with Crippen molar-refractivity contribution in [2.75, 3.05) is 13.2 Å². The minimum atomic E-state index is -0.790. The van der Waals surface area contributed by atoms with Gasteiger partial charge in [0.2, 0.25) is 0 Å². The van der Waals surface area contributed by atoms with E-state index in [9.17, 15) is 14.4 Å². The summed E-state index contributed by atoms with van der Waals surface area (Å²) in [6.45, 7) is 6.49. The maximum atomic E-state index is 12.9. The molecule has 0 amide bonds. The van der Waals surface area contributed by atoms with Gasteiger partial charge < -0.3 is 14.2 Å². The maximum Gasteiger partial charge on any atom is 0.306 e. The Hall–Kier alpha value is -3.93. The molecule has 0 rings (SSSR count). The minimum absolute atomic E-state index is 0.0874. The number of esters is 3. The number of allylic oxidation sites excluding steroid dienone is 18. The molecule has 0 saturated heterocycles. The second kappa shape index (κ2) is 63.6. The van der Waals surface area contributed by atoms with E-state index in [1.54, 1.807) is 0 Å². The van der Waals surface area contributed by atoms with Crippen LogP contribution >= 0.6 is 0 Å². The molecule has 0 fully saturated rings. The van der Waals surface area contributed by atoms with Crippen LogP contribution in [0, 0.1) is 0 Å². The third-order valence-electron chi connectivity index (χ3n) is 13.5. The highest BCUT2D eigenvalue weighted by atomic mass is 16.6. The van der Waals surface area contributed by atoms with Gasteiger partial charge in [-0.05, 0) is 128 Å². The number of ether oxygens (including phenoxy) is 3. The fourth-order valence-corrected chi connectivity index (χ4v) is 8.71. The first-order chi connectivity index (χ1) is 37.5. The van der Waals surface area contributed by atoms with Crippen LogP contribution in [-0.4, -0.2) is 37.2 Å². The number of rotatable bonds is 57. The lowest BCUT2D eigenvalue weighted by atomic mass is 10.1. The number of carbonyl (C=O) groups is 3. The van der Waals surface area contributed by atoms with Crippen molar-refractivity contribution in [1.29, 1.82) is 0 Å². The molecule has 6 heteroatoms. The molecule has 434 valence electrons. The van der Waals surface area contributed by atoms with Gasteiger partial charge in [-0.3, -0.25) is 14.4 Å². The lowest BCUT2D eigenvalue weighted by Crippen LogP contribution is -2.30. The van der Waals surface area contributed by atoms with E-state index in [1.165, 1.54) is 141 Å². The summed E-state index contributed by atoms with van der Waals surface area (Å²) >= 11 is 0. The third-order valence-corrected chi connectivity index (χ3v) is 13.5. The summed E-state index contributed by atoms with van der Waals surface area (Å²) in [6.07, 6.45) is 86.6. The van der Waals surface area contributed by atoms with Crippen molar-refractivity contribution < 1.29 is 28.6 Å². The zero-order valence-corrected chi connectivity index (χ0v) is 49.7. The molecule has 0 aromatic rings. The molecule has 0 bridgehead atoms. The van der Waals surface area contributed by atoms with Gasteiger partial charge in [-0.2, -0.15) is 0 Å². The Morgan fingerprint density at radius 2 is 0.513 bits per heavy atom. The van der Waals surface area contributed by atoms with Crippen LogP contribution in [0.1, 0.15) is 297 Å². The number of unbranched alkanes of at least 4 members (excludes halogenated alkanes) is 28. The molecule has 0 aliphatic rings. The lowest BCUT2D eigenvalue weighted by Gasteiger charge is -2.18. The third kappa shape index (κ3) is 60.9. The number of hydrogen-bond donors (Lipinski definition) is 0. The smallest absolute Gasteiger partial charge is 0.306 e. The molecule has 6 nitrogen and oxygen atoms in total. The topological polar surface area (TPSA) is 78.9 Å². The van der Waals surface area contributed by atoms with Crippen molar-refractivity contribution in [3.63, 3.8) is 0 Å². The van der Waals surface area contributed by atoms with Crippen LogP contribution in [0.2, 0.25) is 0 Å². The van der Waals surface area contributed by atoms with Gasteiger partial charge in [0.15, 0.2) is 6.10 Å². The lowest BCUT2D eigenvalue weighted by molar-refractivity contribution is -0.167. The average Bonchev–Trinajstić information content (AvgIpc) is 3.42. The van der Waals surface area contributed by atoms with Gasteiger partial charge in [0.1, 0.15) is 13.2 Å². The van der Waals surface area contributed by atoms with Crippen molar-refractivity contribution in [3.8, 4) is 0 Å². The minimum Gasteiger partial charge on any atom is -0.462 e. The molecule has 1 unspecified atom stereocenters. The van der Waals surface area contributed by atoms with Gasteiger partial charge in [-0.25, -0.2) is 0 Å². The standard InChI is InChI=1S/C70H118O6/c1-4-7-10-13-16-19-22-25-27-29-30-31-32-33-34-35-36-37-38-39-40-42-43-45-48-51-54-57-60-63-69(72)75-66-67(65-74-68(71)62-59-56-53-50-47-24-21-18-15-12-9-6-3)76-70(73)64-61-58-55-52-49-46-44-41-28-26-23-20-17-14-11-8-5-2/h7,10,16,18-19,21,25-28,30-31,33-34,36-37,39-40,67H,4-6,8-9,11-15,17,20,22-24,29,32,35,38,41-66H2,1-3H3/b10-7-,19-16-,21-18-,27-25-,28-26-,31-30-,34-33-,37-36-,40-39-. The Balaban J connectivity index is 4.32. The van der Waals surface area contributed by atoms with E-state index in [4.69, 9.17) is 14.2 Å². The van der Waals surface area contributed by atoms with Gasteiger partial charge in [-0.15, -0.1) is 0 Å². The van der Waals surface area contributed by atoms with Gasteiger partial charge in [0.05, 0.1) is 0 Å². The van der Waals surface area contributed by atoms with Crippen LogP contribution in [0.25, 0.3) is 0 Å². The zero-order chi connectivity index (χ0) is 55.0. The predicted molar refractivity (Wildman–Crippen MR) is 330 cm³/mol. The van der Waals surface area contributed by atoms with E-state index < -0.39 is 6.10 Å². The molecular formula is C70H118O6. The summed E-state index contributed by atoms with van der Waals surface area (Å²) in [5.41, 5.74) is 0. The molecule has 0 spiro atoms. The Labute approximate surface area is 470 Å². The Kier molecular flexibility index (Phi) is 60.3. The van der Waals surface area contributed by atoms with Crippen molar-refractivity contribution in [1.82, 2.24) is 0 Å². The average molecular weight is 1060 g/mol. The highest BCUT2D eigenvalue weighted by Crippen LogP contribution is 2.15. The Bertz CT molecular complexity index is 1540. The largest absolute Gasteiger partial charge is 0.462 e. The SMILES string of the molecule is CC/C=C\C/C=C\C/C=C\C/C=C\C/C=C\C/C=C\C/C=C\CCCCCCCCCC(=O)OCC(COC(=O)CCCCCCC/C=C\CCCCC)OC(=O)CCCCCCCCC/C=C\CCCCCCCC. The van der Waals surface area contributed by atoms with Crippen LogP contribution in [0.3, 0.4) is 0 Å². The van der Waals surface area contributed by atoms with Crippen LogP contribution < -0.4 is 0 Å². The van der Waals surface area contributed by atoms with Gasteiger partial charge >= 0.3 is 17.9 Å². The number of carbonyl (C=O) groups excluding carboxylic acids is 3. The van der Waals surface area contributed by atoms with E-state index >= 15 is 0 Å². The van der Waals surface area contributed by atoms with Gasteiger partial charge in [-0.1, -0.05) is 259 Å². The van der Waals surface area contributed by atoms with E-state index in [2.05, 4.69) is 130 Å². The fraction of sp³-hybridized carbons (Fsp3) is 0.700. The normalized spacial score (nSPS) is 12.8. The summed E-state index contributed by atoms with van der Waals surface area (Å²) in [5.74, 6) is -0.906. The molecule has 0 saturated carbocycles. The van der Waals surface area contributed by atoms with Crippen molar-refractivity contribution in [2.45, 2.75) is 303 Å². The molecule has 0 aromatic carbocycles.